The third kappa shape index (κ3) is 1.09. The molecule has 3 rings (SSSR count). The molecule has 0 unspecified atom stereocenters. The molecule has 0 N–H and O–H groups in total. The van der Waals surface area contributed by atoms with E-state index in [1.54, 1.807) is 12.3 Å². The smallest absolute Gasteiger partial charge is 0.336 e. The van der Waals surface area contributed by atoms with Crippen LogP contribution in [-0.4, -0.2) is 0 Å². The number of hydrogen-bond donors (Lipinski definition) is 0. The highest BCUT2D eigenvalue weighted by molar-refractivity contribution is 6.03. The molecule has 2 aromatic heterocycles. The summed E-state index contributed by atoms with van der Waals surface area (Å²) >= 11 is 0. The Balaban J connectivity index is 2.65. The van der Waals surface area contributed by atoms with Gasteiger partial charge in [-0.1, -0.05) is 0 Å². The highest BCUT2D eigenvalue weighted by Crippen LogP contribution is 2.28. The fourth-order valence-electron chi connectivity index (χ4n) is 1.83. The fourth-order valence-corrected chi connectivity index (χ4v) is 1.83. The molecule has 0 amide bonds. The molecular formula is C12H8O3. The maximum absolute atomic E-state index is 11.1. The van der Waals surface area contributed by atoms with Crippen molar-refractivity contribution in [3.63, 3.8) is 0 Å². The molecule has 0 saturated heterocycles. The zero-order valence-corrected chi connectivity index (χ0v) is 8.11. The van der Waals surface area contributed by atoms with Gasteiger partial charge in [0.1, 0.15) is 11.2 Å². The Morgan fingerprint density at radius 2 is 2.00 bits per heavy atom. The maximum Gasteiger partial charge on any atom is 0.336 e. The van der Waals surface area contributed by atoms with Gasteiger partial charge in [-0.05, 0) is 30.7 Å². The van der Waals surface area contributed by atoms with Crippen molar-refractivity contribution in [3.05, 3.63) is 46.5 Å². The van der Waals surface area contributed by atoms with Gasteiger partial charge in [-0.2, -0.15) is 0 Å². The summed E-state index contributed by atoms with van der Waals surface area (Å²) in [5.41, 5.74) is 2.05. The summed E-state index contributed by atoms with van der Waals surface area (Å²) in [6, 6.07) is 6.90. The van der Waals surface area contributed by atoms with Gasteiger partial charge in [0.25, 0.3) is 0 Å². The first-order valence-electron chi connectivity index (χ1n) is 4.66. The molecule has 0 aliphatic rings. The quantitative estimate of drug-likeness (QED) is 0.524. The second-order valence-electron chi connectivity index (χ2n) is 3.52. The minimum atomic E-state index is -0.340. The molecule has 15 heavy (non-hydrogen) atoms. The molecule has 0 bridgehead atoms. The van der Waals surface area contributed by atoms with Crippen molar-refractivity contribution < 1.29 is 8.83 Å². The molecule has 0 fully saturated rings. The van der Waals surface area contributed by atoms with Crippen molar-refractivity contribution in [1.82, 2.24) is 0 Å². The largest absolute Gasteiger partial charge is 0.464 e. The molecule has 0 spiro atoms. The minimum absolute atomic E-state index is 0.340. The number of furan rings is 1. The molecule has 0 radical (unpaired) electrons. The van der Waals surface area contributed by atoms with E-state index in [0.717, 1.165) is 21.9 Å². The predicted octanol–water partition coefficient (Wildman–Crippen LogP) is 2.85. The van der Waals surface area contributed by atoms with Crippen LogP contribution in [0.5, 0.6) is 0 Å². The Kier molecular flexibility index (Phi) is 1.51. The lowest BCUT2D eigenvalue weighted by Gasteiger charge is -1.99. The molecule has 0 aliphatic carbocycles. The molecule has 0 saturated carbocycles. The van der Waals surface area contributed by atoms with Crippen molar-refractivity contribution in [2.45, 2.75) is 6.92 Å². The van der Waals surface area contributed by atoms with E-state index in [1.807, 2.05) is 19.1 Å². The lowest BCUT2D eigenvalue weighted by Crippen LogP contribution is -1.94. The maximum atomic E-state index is 11.1. The highest BCUT2D eigenvalue weighted by atomic mass is 16.4. The van der Waals surface area contributed by atoms with E-state index < -0.39 is 0 Å². The zero-order chi connectivity index (χ0) is 10.4. The van der Waals surface area contributed by atoms with Crippen LogP contribution >= 0.6 is 0 Å². The Bertz CT molecular complexity index is 704. The zero-order valence-electron chi connectivity index (χ0n) is 8.11. The summed E-state index contributed by atoms with van der Waals surface area (Å²) < 4.78 is 10.5. The van der Waals surface area contributed by atoms with Gasteiger partial charge in [-0.15, -0.1) is 0 Å². The average molecular weight is 200 g/mol. The van der Waals surface area contributed by atoms with Gasteiger partial charge in [-0.25, -0.2) is 4.79 Å². The minimum Gasteiger partial charge on any atom is -0.464 e. The van der Waals surface area contributed by atoms with Crippen LogP contribution in [0, 0.1) is 6.92 Å². The summed E-state index contributed by atoms with van der Waals surface area (Å²) in [6.07, 6.45) is 1.64. The van der Waals surface area contributed by atoms with Crippen LogP contribution in [0.15, 0.2) is 44.2 Å². The molecule has 3 nitrogen and oxygen atoms in total. The topological polar surface area (TPSA) is 43.4 Å². The second-order valence-corrected chi connectivity index (χ2v) is 3.52. The summed E-state index contributed by atoms with van der Waals surface area (Å²) in [5, 5.41) is 1.89. The van der Waals surface area contributed by atoms with Crippen molar-refractivity contribution in [1.29, 1.82) is 0 Å². The molecule has 1 aromatic carbocycles. The Labute approximate surface area is 84.9 Å². The molecule has 3 aromatic rings. The standard InChI is InChI=1S/C12H8O3/c1-7-6-10-9(2-3-11(13)15-10)12-8(7)4-5-14-12/h2-6H,1H3. The lowest BCUT2D eigenvalue weighted by atomic mass is 10.1. The van der Waals surface area contributed by atoms with Crippen molar-refractivity contribution in [3.8, 4) is 0 Å². The van der Waals surface area contributed by atoms with E-state index in [0.29, 0.717) is 5.58 Å². The molecule has 0 aliphatic heterocycles. The van der Waals surface area contributed by atoms with Crippen LogP contribution in [0.1, 0.15) is 5.56 Å². The van der Waals surface area contributed by atoms with Gasteiger partial charge in [0.05, 0.1) is 11.6 Å². The fraction of sp³-hybridized carbons (Fsp3) is 0.0833. The van der Waals surface area contributed by atoms with Gasteiger partial charge in [-0.3, -0.25) is 0 Å². The molecule has 0 atom stereocenters. The summed E-state index contributed by atoms with van der Waals surface area (Å²) in [5.74, 6) is 0. The van der Waals surface area contributed by atoms with Crippen molar-refractivity contribution >= 4 is 21.9 Å². The van der Waals surface area contributed by atoms with E-state index in [4.69, 9.17) is 8.83 Å². The van der Waals surface area contributed by atoms with Gasteiger partial charge >= 0.3 is 5.63 Å². The first kappa shape index (κ1) is 8.29. The monoisotopic (exact) mass is 200 g/mol. The van der Waals surface area contributed by atoms with Gasteiger partial charge in [0, 0.05) is 11.5 Å². The number of benzene rings is 1. The number of rotatable bonds is 0. The van der Waals surface area contributed by atoms with Crippen molar-refractivity contribution in [2.75, 3.05) is 0 Å². The Hall–Kier alpha value is -2.03. The third-order valence-corrected chi connectivity index (χ3v) is 2.54. The molecule has 3 heteroatoms. The lowest BCUT2D eigenvalue weighted by molar-refractivity contribution is 0.559. The van der Waals surface area contributed by atoms with E-state index in [-0.39, 0.29) is 5.63 Å². The van der Waals surface area contributed by atoms with Crippen LogP contribution in [0.4, 0.5) is 0 Å². The SMILES string of the molecule is Cc1cc2oc(=O)ccc2c2occc12. The van der Waals surface area contributed by atoms with E-state index in [1.165, 1.54) is 6.07 Å². The van der Waals surface area contributed by atoms with Gasteiger partial charge in [0.2, 0.25) is 0 Å². The number of hydrogen-bond acceptors (Lipinski definition) is 3. The first-order valence-corrected chi connectivity index (χ1v) is 4.66. The van der Waals surface area contributed by atoms with E-state index >= 15 is 0 Å². The van der Waals surface area contributed by atoms with Crippen LogP contribution in [0.2, 0.25) is 0 Å². The Morgan fingerprint density at radius 3 is 2.87 bits per heavy atom. The third-order valence-electron chi connectivity index (χ3n) is 2.54. The van der Waals surface area contributed by atoms with Gasteiger partial charge < -0.3 is 8.83 Å². The number of fused-ring (bicyclic) bond motifs is 3. The van der Waals surface area contributed by atoms with Crippen LogP contribution in [0.25, 0.3) is 21.9 Å². The normalized spacial score (nSPS) is 11.3. The highest BCUT2D eigenvalue weighted by Gasteiger charge is 2.08. The van der Waals surface area contributed by atoms with Crippen LogP contribution < -0.4 is 5.63 Å². The molecular weight excluding hydrogens is 192 g/mol. The van der Waals surface area contributed by atoms with E-state index in [9.17, 15) is 4.79 Å². The Morgan fingerprint density at radius 1 is 1.13 bits per heavy atom. The summed E-state index contributed by atoms with van der Waals surface area (Å²) in [7, 11) is 0. The molecule has 2 heterocycles. The van der Waals surface area contributed by atoms with Crippen LogP contribution in [-0.2, 0) is 0 Å². The number of aryl methyl sites for hydroxylation is 1. The summed E-state index contributed by atoms with van der Waals surface area (Å²) in [4.78, 5) is 11.1. The predicted molar refractivity (Wildman–Crippen MR) is 57.0 cm³/mol. The van der Waals surface area contributed by atoms with Crippen molar-refractivity contribution in [2.24, 2.45) is 0 Å². The average Bonchev–Trinajstić information content (AvgIpc) is 2.66. The summed E-state index contributed by atoms with van der Waals surface area (Å²) in [6.45, 7) is 1.96. The van der Waals surface area contributed by atoms with Gasteiger partial charge in [0.15, 0.2) is 0 Å². The van der Waals surface area contributed by atoms with Crippen LogP contribution in [0.3, 0.4) is 0 Å². The first-order chi connectivity index (χ1) is 7.25. The second kappa shape index (κ2) is 2.73. The van der Waals surface area contributed by atoms with E-state index in [2.05, 4.69) is 0 Å². The molecule has 74 valence electrons.